The van der Waals surface area contributed by atoms with Crippen molar-refractivity contribution in [1.29, 1.82) is 0 Å². The third-order valence-corrected chi connectivity index (χ3v) is 20.7. The van der Waals surface area contributed by atoms with Crippen molar-refractivity contribution in [2.45, 2.75) is 35.1 Å². The highest BCUT2D eigenvalue weighted by Gasteiger charge is 2.13. The molecule has 0 saturated carbocycles. The predicted octanol–water partition coefficient (Wildman–Crippen LogP) is 31.6. The highest BCUT2D eigenvalue weighted by atomic mass is 14.2. The lowest BCUT2D eigenvalue weighted by Crippen LogP contribution is -1.87. The van der Waals surface area contributed by atoms with Crippen LogP contribution in [0.15, 0.2) is 437 Å². The van der Waals surface area contributed by atoms with Gasteiger partial charge in [-0.15, -0.1) is 0 Å². The molecule has 0 bridgehead atoms. The first-order chi connectivity index (χ1) is 54.1. The molecule has 0 N–H and O–H groups in total. The Morgan fingerprint density at radius 3 is 0.568 bits per heavy atom. The molecule has 0 heterocycles. The van der Waals surface area contributed by atoms with Gasteiger partial charge in [-0.2, -0.15) is 0 Å². The van der Waals surface area contributed by atoms with Crippen LogP contribution >= 0.6 is 0 Å². The molecule has 0 amide bonds. The molecule has 0 aliphatic carbocycles. The molecule has 0 heteroatoms. The van der Waals surface area contributed by atoms with Crippen molar-refractivity contribution >= 4 is 43.1 Å². The molecule has 111 heavy (non-hydrogen) atoms. The van der Waals surface area contributed by atoms with Crippen molar-refractivity contribution in [3.8, 4) is 122 Å². The zero-order chi connectivity index (χ0) is 74.5. The maximum absolute atomic E-state index is 2.31. The minimum Gasteiger partial charge on any atom is -0.0776 e. The van der Waals surface area contributed by atoms with E-state index < -0.39 is 0 Å². The fourth-order valence-corrected chi connectivity index (χ4v) is 14.9. The van der Waals surface area contributed by atoms with E-state index in [1.165, 1.54) is 188 Å². The van der Waals surface area contributed by atoms with Gasteiger partial charge in [0.25, 0.3) is 0 Å². The molecule has 0 saturated heterocycles. The number of hydrogen-bond acceptors (Lipinski definition) is 0. The lowest BCUT2D eigenvalue weighted by atomic mass is 9.92. The summed E-state index contributed by atoms with van der Waals surface area (Å²) in [5.74, 6) is 0. The summed E-state index contributed by atoms with van der Waals surface area (Å²) in [4.78, 5) is 0. The molecule has 19 aromatic carbocycles. The highest BCUT2D eigenvalue weighted by molar-refractivity contribution is 5.93. The molecular weight excluding hydrogens is 1330 g/mol. The fourth-order valence-electron chi connectivity index (χ4n) is 14.9. The van der Waals surface area contributed by atoms with Crippen molar-refractivity contribution in [3.05, 3.63) is 459 Å². The van der Waals surface area contributed by atoms with Crippen LogP contribution < -0.4 is 0 Å². The second-order valence-electron chi connectivity index (χ2n) is 28.8. The van der Waals surface area contributed by atoms with Gasteiger partial charge in [-0.1, -0.05) is 383 Å². The summed E-state index contributed by atoms with van der Waals surface area (Å²) in [5.41, 5.74) is 32.7. The quantitative estimate of drug-likeness (QED) is 0.121. The molecule has 0 radical (unpaired) electrons. The Balaban J connectivity index is 0.000000117. The molecule has 0 aliphatic rings. The van der Waals surface area contributed by atoms with E-state index in [9.17, 15) is 0 Å². The molecular formula is C111H88. The Morgan fingerprint density at radius 2 is 0.279 bits per heavy atom. The zero-order valence-electron chi connectivity index (χ0n) is 62.6. The average molecular weight is 1420 g/mol. The highest BCUT2D eigenvalue weighted by Crippen LogP contribution is 2.39. The third kappa shape index (κ3) is 17.6. The van der Waals surface area contributed by atoms with Crippen molar-refractivity contribution in [1.82, 2.24) is 0 Å². The maximum atomic E-state index is 2.31. The Bertz CT molecular complexity index is 6390. The van der Waals surface area contributed by atoms with Gasteiger partial charge in [0.1, 0.15) is 0 Å². The molecule has 0 nitrogen and oxygen atoms in total. The van der Waals surface area contributed by atoms with Crippen LogP contribution in [0.4, 0.5) is 0 Å². The van der Waals surface area contributed by atoms with Crippen molar-refractivity contribution < 1.29 is 0 Å². The number of fused-ring (bicyclic) bond motifs is 4. The summed E-state index contributed by atoms with van der Waals surface area (Å²) >= 11 is 0. The van der Waals surface area contributed by atoms with Gasteiger partial charge < -0.3 is 0 Å². The molecule has 532 valence electrons. The van der Waals surface area contributed by atoms with E-state index in [2.05, 4.69) is 464 Å². The molecule has 19 rings (SSSR count). The van der Waals surface area contributed by atoms with E-state index in [1.807, 2.05) is 0 Å². The van der Waals surface area contributed by atoms with Gasteiger partial charge in [0.15, 0.2) is 0 Å². The van der Waals surface area contributed by atoms with Crippen LogP contribution in [0.1, 0.15) is 29.7 Å². The minimum atomic E-state index is 0. The average Bonchev–Trinajstić information content (AvgIpc) is 0.781. The molecule has 0 fully saturated rings. The standard InChI is InChI=1S/3C29H22.C23H18.CH4/c1-21-8-7-13-24(16-21)28-18-27(22-9-3-2-4-10-22)19-29(20-28)26-15-14-23-11-5-6-12-25(23)17-26;1-21-17-28(25-13-11-24(12-14-25)22-7-3-2-4-8-22)20-29(18-21)27-16-15-23-9-5-6-10-26(23)19-27;1-21-11-13-24(14-12-21)28-18-27(22-7-3-2-4-8-22)19-29(20-28)26-16-15-23-9-5-6-10-25(23)17-26;1-17-13-22(18-7-3-2-4-8-18)16-23(14-17)21-12-11-19-9-5-6-10-20(19)15-21;/h3*2-20H,1H3;2-16H,1H3;1H4. The van der Waals surface area contributed by atoms with E-state index in [-0.39, 0.29) is 7.43 Å². The van der Waals surface area contributed by atoms with E-state index in [4.69, 9.17) is 0 Å². The van der Waals surface area contributed by atoms with Crippen molar-refractivity contribution in [3.63, 3.8) is 0 Å². The van der Waals surface area contributed by atoms with Gasteiger partial charge in [0.2, 0.25) is 0 Å². The predicted molar refractivity (Wildman–Crippen MR) is 481 cm³/mol. The van der Waals surface area contributed by atoms with Crippen LogP contribution in [0.25, 0.3) is 165 Å². The molecule has 0 spiro atoms. The van der Waals surface area contributed by atoms with E-state index >= 15 is 0 Å². The Kier molecular flexibility index (Phi) is 22.3. The maximum Gasteiger partial charge on any atom is -0.0171 e. The minimum absolute atomic E-state index is 0. The van der Waals surface area contributed by atoms with Crippen LogP contribution in [0.3, 0.4) is 0 Å². The number of hydrogen-bond donors (Lipinski definition) is 0. The first kappa shape index (κ1) is 72.8. The van der Waals surface area contributed by atoms with E-state index in [1.54, 1.807) is 0 Å². The van der Waals surface area contributed by atoms with Crippen LogP contribution in [-0.2, 0) is 0 Å². The van der Waals surface area contributed by atoms with Gasteiger partial charge in [0.05, 0.1) is 0 Å². The van der Waals surface area contributed by atoms with Crippen LogP contribution in [0, 0.1) is 27.7 Å². The first-order valence-corrected chi connectivity index (χ1v) is 38.0. The largest absolute Gasteiger partial charge is 0.0776 e. The summed E-state index contributed by atoms with van der Waals surface area (Å²) in [6.45, 7) is 8.61. The normalized spacial score (nSPS) is 10.8. The van der Waals surface area contributed by atoms with Crippen molar-refractivity contribution in [2.24, 2.45) is 0 Å². The smallest absolute Gasteiger partial charge is 0.0171 e. The number of rotatable bonds is 11. The van der Waals surface area contributed by atoms with E-state index in [0.717, 1.165) is 0 Å². The molecule has 0 aliphatic heterocycles. The van der Waals surface area contributed by atoms with Gasteiger partial charge in [-0.3, -0.25) is 0 Å². The molecule has 19 aromatic rings. The topological polar surface area (TPSA) is 0 Å². The van der Waals surface area contributed by atoms with Crippen LogP contribution in [0.5, 0.6) is 0 Å². The second-order valence-corrected chi connectivity index (χ2v) is 28.8. The first-order valence-electron chi connectivity index (χ1n) is 38.0. The van der Waals surface area contributed by atoms with Crippen LogP contribution in [0.2, 0.25) is 0 Å². The van der Waals surface area contributed by atoms with E-state index in [0.29, 0.717) is 0 Å². The zero-order valence-corrected chi connectivity index (χ0v) is 62.6. The van der Waals surface area contributed by atoms with Gasteiger partial charge in [-0.05, 0) is 277 Å². The Hall–Kier alpha value is -13.8. The second kappa shape index (κ2) is 34.0. The molecule has 0 atom stereocenters. The lowest BCUT2D eigenvalue weighted by molar-refractivity contribution is 1.46. The summed E-state index contributed by atoms with van der Waals surface area (Å²) in [6.07, 6.45) is 0. The third-order valence-electron chi connectivity index (χ3n) is 20.7. The summed E-state index contributed by atoms with van der Waals surface area (Å²) < 4.78 is 0. The Labute approximate surface area is 655 Å². The van der Waals surface area contributed by atoms with Gasteiger partial charge in [-0.25, -0.2) is 0 Å². The molecule has 0 unspecified atom stereocenters. The van der Waals surface area contributed by atoms with Gasteiger partial charge in [0, 0.05) is 0 Å². The SMILES string of the molecule is C.Cc1cc(-c2ccc(-c3ccccc3)cc2)cc(-c2ccc3ccccc3c2)c1.Cc1cc(-c2ccccc2)cc(-c2ccc3ccccc3c2)c1.Cc1ccc(-c2cc(-c3ccccc3)cc(-c3ccc4ccccc4c3)c2)cc1.Cc1cccc(-c2cc(-c3ccccc3)cc(-c3ccc4ccccc4c3)c2)c1. The van der Waals surface area contributed by atoms with Crippen LogP contribution in [-0.4, -0.2) is 0 Å². The number of benzene rings is 19. The summed E-state index contributed by atoms with van der Waals surface area (Å²) in [6, 6.07) is 157. The van der Waals surface area contributed by atoms with Gasteiger partial charge >= 0.3 is 0 Å². The lowest BCUT2D eigenvalue weighted by Gasteiger charge is -2.12. The Morgan fingerprint density at radius 1 is 0.0991 bits per heavy atom. The molecule has 0 aromatic heterocycles. The monoisotopic (exact) mass is 1420 g/mol. The summed E-state index contributed by atoms with van der Waals surface area (Å²) in [7, 11) is 0. The number of aryl methyl sites for hydroxylation is 4. The summed E-state index contributed by atoms with van der Waals surface area (Å²) in [5, 5.41) is 10.2. The fraction of sp³-hybridized carbons (Fsp3) is 0.0450. The van der Waals surface area contributed by atoms with Crippen molar-refractivity contribution in [2.75, 3.05) is 0 Å².